The first-order valence-corrected chi connectivity index (χ1v) is 12.4. The van der Waals surface area contributed by atoms with Crippen molar-refractivity contribution < 1.29 is 27.7 Å². The molecule has 0 amide bonds. The molecule has 0 saturated carbocycles. The van der Waals surface area contributed by atoms with E-state index in [-0.39, 0.29) is 0 Å². The summed E-state index contributed by atoms with van der Waals surface area (Å²) in [5.41, 5.74) is 1.29. The van der Waals surface area contributed by atoms with Crippen LogP contribution in [0, 0.1) is 14.1 Å². The van der Waals surface area contributed by atoms with Crippen LogP contribution in [-0.4, -0.2) is 0 Å². The standard InChI is InChI=1S/C7H6I2O.C6H5.Hg/c1-4-2-5(8)7(10)6(9)3-4;1-2-4-6-5-3-1;/h2-3,10H,1H3;1-5H;/q;;+1/p-1. The maximum atomic E-state index is 6.12. The van der Waals surface area contributed by atoms with E-state index < -0.39 is 25.0 Å². The van der Waals surface area contributed by atoms with E-state index in [0.29, 0.717) is 0 Å². The molecule has 0 aliphatic heterocycles. The Labute approximate surface area is 142 Å². The van der Waals surface area contributed by atoms with Gasteiger partial charge in [0.05, 0.1) is 0 Å². The normalized spacial score (nSPS) is 9.82. The van der Waals surface area contributed by atoms with Crippen molar-refractivity contribution in [2.75, 3.05) is 0 Å². The van der Waals surface area contributed by atoms with E-state index in [1.165, 1.54) is 15.8 Å². The summed E-state index contributed by atoms with van der Waals surface area (Å²) in [5, 5.41) is 0. The van der Waals surface area contributed by atoms with Gasteiger partial charge >= 0.3 is 144 Å². The van der Waals surface area contributed by atoms with Crippen molar-refractivity contribution in [1.29, 1.82) is 0 Å². The second-order valence-electron chi connectivity index (χ2n) is 3.83. The third kappa shape index (κ3) is 4.06. The molecular formula is C13H10HgI2O. The van der Waals surface area contributed by atoms with Crippen LogP contribution in [0.15, 0.2) is 42.5 Å². The number of hydrogen-bond donors (Lipinski definition) is 0. The Bertz CT molecular complexity index is 491. The zero-order valence-corrected chi connectivity index (χ0v) is 19.2. The van der Waals surface area contributed by atoms with Crippen LogP contribution in [-0.2, 0) is 25.0 Å². The second-order valence-corrected chi connectivity index (χ2v) is 11.6. The van der Waals surface area contributed by atoms with Gasteiger partial charge in [-0.3, -0.25) is 0 Å². The summed E-state index contributed by atoms with van der Waals surface area (Å²) < 4.78 is 9.98. The molecule has 1 nitrogen and oxygen atoms in total. The van der Waals surface area contributed by atoms with Gasteiger partial charge in [0, 0.05) is 0 Å². The predicted molar refractivity (Wildman–Crippen MR) is 83.3 cm³/mol. The van der Waals surface area contributed by atoms with Gasteiger partial charge in [-0.1, -0.05) is 0 Å². The molecule has 0 N–H and O–H groups in total. The van der Waals surface area contributed by atoms with E-state index in [1.807, 2.05) is 0 Å². The monoisotopic (exact) mass is 638 g/mol. The number of hydrogen-bond acceptors (Lipinski definition) is 1. The first-order chi connectivity index (χ1) is 8.16. The van der Waals surface area contributed by atoms with Crippen molar-refractivity contribution in [3.05, 3.63) is 55.2 Å². The fourth-order valence-electron chi connectivity index (χ4n) is 1.55. The van der Waals surface area contributed by atoms with Crippen molar-refractivity contribution >= 4 is 48.3 Å². The SMILES string of the molecule is Cc1cc(I)c([O][Hg][c]2ccccc2)c(I)c1. The summed E-state index contributed by atoms with van der Waals surface area (Å²) in [6, 6.07) is 14.9. The van der Waals surface area contributed by atoms with Gasteiger partial charge < -0.3 is 0 Å². The molecule has 0 aliphatic carbocycles. The van der Waals surface area contributed by atoms with Crippen LogP contribution in [0.4, 0.5) is 0 Å². The summed E-state index contributed by atoms with van der Waals surface area (Å²) in [6.07, 6.45) is 0. The van der Waals surface area contributed by atoms with E-state index in [0.717, 1.165) is 5.75 Å². The van der Waals surface area contributed by atoms with Gasteiger partial charge in [0.2, 0.25) is 0 Å². The average Bonchev–Trinajstić information content (AvgIpc) is 2.29. The molecular weight excluding hydrogens is 627 g/mol. The Balaban J connectivity index is 2.15. The van der Waals surface area contributed by atoms with Gasteiger partial charge in [0.15, 0.2) is 0 Å². The molecule has 2 aromatic carbocycles. The minimum atomic E-state index is -1.45. The van der Waals surface area contributed by atoms with Crippen LogP contribution in [0.5, 0.6) is 5.75 Å². The molecule has 0 unspecified atom stereocenters. The molecule has 84 valence electrons. The van der Waals surface area contributed by atoms with Crippen LogP contribution in [0.25, 0.3) is 0 Å². The zero-order valence-electron chi connectivity index (χ0n) is 9.41. The van der Waals surface area contributed by atoms with Crippen molar-refractivity contribution in [1.82, 2.24) is 0 Å². The minimum absolute atomic E-state index is 1.09. The molecule has 0 atom stereocenters. The van der Waals surface area contributed by atoms with E-state index in [1.54, 1.807) is 0 Å². The molecule has 4 heteroatoms. The molecule has 2 rings (SSSR count). The van der Waals surface area contributed by atoms with Gasteiger partial charge in [-0.15, -0.1) is 0 Å². The van der Waals surface area contributed by atoms with E-state index in [2.05, 4.69) is 94.6 Å². The van der Waals surface area contributed by atoms with E-state index >= 15 is 0 Å². The Hall–Kier alpha value is 0.635. The summed E-state index contributed by atoms with van der Waals surface area (Å²) in [4.78, 5) is 0. The number of rotatable bonds is 3. The summed E-state index contributed by atoms with van der Waals surface area (Å²) in [5.74, 6) is 1.09. The van der Waals surface area contributed by atoms with Crippen molar-refractivity contribution in [3.63, 3.8) is 0 Å². The molecule has 17 heavy (non-hydrogen) atoms. The van der Waals surface area contributed by atoms with Crippen molar-refractivity contribution in [2.24, 2.45) is 0 Å². The molecule has 0 spiro atoms. The summed E-state index contributed by atoms with van der Waals surface area (Å²) >= 11 is 3.27. The van der Waals surface area contributed by atoms with Gasteiger partial charge in [0.1, 0.15) is 0 Å². The zero-order chi connectivity index (χ0) is 12.3. The van der Waals surface area contributed by atoms with Crippen LogP contribution in [0.3, 0.4) is 0 Å². The second kappa shape index (κ2) is 6.70. The fraction of sp³-hybridized carbons (Fsp3) is 0.0769. The van der Waals surface area contributed by atoms with Crippen LogP contribution >= 0.6 is 45.2 Å². The fourth-order valence-corrected chi connectivity index (χ4v) is 10.5. The van der Waals surface area contributed by atoms with Crippen LogP contribution in [0.2, 0.25) is 0 Å². The number of benzene rings is 2. The molecule has 0 aromatic heterocycles. The topological polar surface area (TPSA) is 9.23 Å². The average molecular weight is 637 g/mol. The summed E-state index contributed by atoms with van der Waals surface area (Å²) in [6.45, 7) is 2.12. The van der Waals surface area contributed by atoms with Crippen LogP contribution in [0.1, 0.15) is 5.56 Å². The first kappa shape index (κ1) is 14.1. The quantitative estimate of drug-likeness (QED) is 0.367. The Morgan fingerprint density at radius 2 is 1.59 bits per heavy atom. The number of halogens is 2. The molecule has 0 bridgehead atoms. The maximum absolute atomic E-state index is 6.12. The molecule has 0 heterocycles. The Morgan fingerprint density at radius 3 is 2.18 bits per heavy atom. The Morgan fingerprint density at radius 1 is 1.00 bits per heavy atom. The third-order valence-corrected chi connectivity index (χ3v) is 8.78. The van der Waals surface area contributed by atoms with Crippen molar-refractivity contribution in [3.8, 4) is 5.75 Å². The van der Waals surface area contributed by atoms with Crippen molar-refractivity contribution in [2.45, 2.75) is 6.92 Å². The molecule has 0 fully saturated rings. The van der Waals surface area contributed by atoms with E-state index in [9.17, 15) is 0 Å². The van der Waals surface area contributed by atoms with Gasteiger partial charge in [-0.25, -0.2) is 0 Å². The molecule has 0 saturated heterocycles. The molecule has 0 aliphatic rings. The van der Waals surface area contributed by atoms with Crippen LogP contribution < -0.4 is 5.72 Å². The first-order valence-electron chi connectivity index (χ1n) is 5.29. The predicted octanol–water partition coefficient (Wildman–Crippen LogP) is 3.91. The summed E-state index contributed by atoms with van der Waals surface area (Å²) in [7, 11) is 0. The Kier molecular flexibility index (Phi) is 5.54. The molecule has 0 radical (unpaired) electrons. The van der Waals surface area contributed by atoms with E-state index in [4.69, 9.17) is 2.64 Å². The van der Waals surface area contributed by atoms with Gasteiger partial charge in [-0.2, -0.15) is 0 Å². The molecule has 2 aromatic rings. The van der Waals surface area contributed by atoms with Gasteiger partial charge in [0.25, 0.3) is 0 Å². The third-order valence-electron chi connectivity index (χ3n) is 2.37. The number of aryl methyl sites for hydroxylation is 1. The van der Waals surface area contributed by atoms with Gasteiger partial charge in [-0.05, 0) is 0 Å².